The van der Waals surface area contributed by atoms with E-state index in [0.717, 1.165) is 16.7 Å². The number of halogens is 3. The van der Waals surface area contributed by atoms with Crippen molar-refractivity contribution in [2.75, 3.05) is 0 Å². The van der Waals surface area contributed by atoms with E-state index in [4.69, 9.17) is 16.0 Å². The highest BCUT2D eigenvalue weighted by Gasteiger charge is 2.32. The molecule has 3 aromatic heterocycles. The van der Waals surface area contributed by atoms with E-state index in [1.54, 1.807) is 12.1 Å². The fourth-order valence-corrected chi connectivity index (χ4v) is 2.13. The van der Waals surface area contributed by atoms with Gasteiger partial charge in [0.1, 0.15) is 22.8 Å². The van der Waals surface area contributed by atoms with Crippen LogP contribution in [-0.4, -0.2) is 15.4 Å². The van der Waals surface area contributed by atoms with Gasteiger partial charge in [-0.3, -0.25) is 4.40 Å². The average Bonchev–Trinajstić information content (AvgIpc) is 3.05. The van der Waals surface area contributed by atoms with Crippen LogP contribution >= 0.6 is 11.6 Å². The van der Waals surface area contributed by atoms with Gasteiger partial charge in [0.15, 0.2) is 0 Å². The number of aromatic nitrogens is 2. The number of fused-ring (bicyclic) bond motifs is 1. The summed E-state index contributed by atoms with van der Waals surface area (Å²) in [6.45, 7) is 0. The number of alkyl halides is 3. The summed E-state index contributed by atoms with van der Waals surface area (Å²) in [6, 6.07) is 5.69. The Hall–Kier alpha value is -2.41. The highest BCUT2D eigenvalue weighted by Crippen LogP contribution is 2.35. The highest BCUT2D eigenvalue weighted by atomic mass is 35.5. The van der Waals surface area contributed by atoms with Gasteiger partial charge in [-0.1, -0.05) is 0 Å². The van der Waals surface area contributed by atoms with Crippen LogP contribution in [0.15, 0.2) is 41.1 Å². The second-order valence-electron chi connectivity index (χ2n) is 4.25. The van der Waals surface area contributed by atoms with E-state index < -0.39 is 22.7 Å². The van der Waals surface area contributed by atoms with Crippen LogP contribution in [0.1, 0.15) is 16.2 Å². The molecule has 3 aromatic rings. The van der Waals surface area contributed by atoms with Crippen LogP contribution in [0.4, 0.5) is 8.78 Å². The fraction of sp³-hybridized carbons (Fsp3) is 0.0769. The molecule has 0 spiro atoms. The van der Waals surface area contributed by atoms with Gasteiger partial charge < -0.3 is 14.3 Å². The lowest BCUT2D eigenvalue weighted by atomic mass is 10.1. The monoisotopic (exact) mass is 311 g/mol. The number of pyridine rings is 1. The lowest BCUT2D eigenvalue weighted by molar-refractivity contribution is -0.255. The van der Waals surface area contributed by atoms with Gasteiger partial charge in [-0.25, -0.2) is 4.98 Å². The molecule has 0 aliphatic heterocycles. The zero-order valence-electron chi connectivity index (χ0n) is 10.2. The molecule has 0 amide bonds. The summed E-state index contributed by atoms with van der Waals surface area (Å²) in [5.41, 5.74) is -0.779. The minimum Gasteiger partial charge on any atom is -0.543 e. The van der Waals surface area contributed by atoms with E-state index >= 15 is 0 Å². The smallest absolute Gasteiger partial charge is 0.363 e. The largest absolute Gasteiger partial charge is 0.543 e. The van der Waals surface area contributed by atoms with Crippen LogP contribution in [-0.2, 0) is 5.38 Å². The summed E-state index contributed by atoms with van der Waals surface area (Å²) >= 11 is 5.08. The van der Waals surface area contributed by atoms with E-state index in [0.29, 0.717) is 11.3 Å². The number of carboxylic acid groups (broad SMARTS) is 1. The first kappa shape index (κ1) is 13.6. The maximum Gasteiger partial charge on any atom is 0.363 e. The van der Waals surface area contributed by atoms with Crippen LogP contribution in [0, 0.1) is 0 Å². The van der Waals surface area contributed by atoms with Crippen molar-refractivity contribution >= 4 is 23.2 Å². The summed E-state index contributed by atoms with van der Waals surface area (Å²) in [7, 11) is 0. The highest BCUT2D eigenvalue weighted by molar-refractivity contribution is 6.21. The second-order valence-corrected chi connectivity index (χ2v) is 4.72. The van der Waals surface area contributed by atoms with E-state index in [9.17, 15) is 18.7 Å². The summed E-state index contributed by atoms with van der Waals surface area (Å²) < 4.78 is 33.1. The van der Waals surface area contributed by atoms with E-state index in [1.165, 1.54) is 12.3 Å². The minimum atomic E-state index is -3.70. The van der Waals surface area contributed by atoms with Gasteiger partial charge in [-0.2, -0.15) is 8.78 Å². The van der Waals surface area contributed by atoms with Gasteiger partial charge in [0.05, 0.1) is 12.2 Å². The fourth-order valence-electron chi connectivity index (χ4n) is 1.99. The van der Waals surface area contributed by atoms with Crippen molar-refractivity contribution in [3.63, 3.8) is 0 Å². The Kier molecular flexibility index (Phi) is 2.94. The summed E-state index contributed by atoms with van der Waals surface area (Å²) in [6.07, 6.45) is 2.32. The Bertz CT molecular complexity index is 822. The number of nitrogens with zero attached hydrogens (tertiary/aromatic N) is 2. The maximum absolute atomic E-state index is 13.5. The van der Waals surface area contributed by atoms with Crippen molar-refractivity contribution in [3.8, 4) is 11.3 Å². The van der Waals surface area contributed by atoms with Crippen LogP contribution in [0.3, 0.4) is 0 Å². The van der Waals surface area contributed by atoms with Gasteiger partial charge in [0.25, 0.3) is 0 Å². The number of aromatic carboxylic acids is 1. The van der Waals surface area contributed by atoms with Crippen molar-refractivity contribution in [2.24, 2.45) is 0 Å². The molecule has 0 aliphatic rings. The topological polar surface area (TPSA) is 70.6 Å². The molecule has 0 saturated heterocycles. The Labute approximate surface area is 121 Å². The molecule has 0 N–H and O–H groups in total. The van der Waals surface area contributed by atoms with Crippen LogP contribution in [0.5, 0.6) is 0 Å². The quantitative estimate of drug-likeness (QED) is 0.696. The predicted molar refractivity (Wildman–Crippen MR) is 67.0 cm³/mol. The van der Waals surface area contributed by atoms with Gasteiger partial charge in [-0.05, 0) is 35.9 Å². The molecule has 21 heavy (non-hydrogen) atoms. The summed E-state index contributed by atoms with van der Waals surface area (Å²) in [4.78, 5) is 14.5. The third kappa shape index (κ3) is 2.36. The Morgan fingerprint density at radius 1 is 1.43 bits per heavy atom. The first-order chi connectivity index (χ1) is 9.86. The molecule has 0 fully saturated rings. The Morgan fingerprint density at radius 2 is 2.19 bits per heavy atom. The third-order valence-corrected chi connectivity index (χ3v) is 3.07. The Morgan fingerprint density at radius 3 is 2.76 bits per heavy atom. The third-order valence-electron chi connectivity index (χ3n) is 2.87. The number of hydrogen-bond acceptors (Lipinski definition) is 4. The molecule has 0 aromatic carbocycles. The zero-order chi connectivity index (χ0) is 15.2. The molecule has 0 aliphatic carbocycles. The average molecular weight is 312 g/mol. The molecule has 0 bridgehead atoms. The molecule has 108 valence electrons. The maximum atomic E-state index is 13.5. The van der Waals surface area contributed by atoms with Crippen molar-refractivity contribution in [3.05, 3.63) is 48.1 Å². The standard InChI is InChI=1S/C13H7ClF2N2O3/c14-13(15,16)10-4-7(9-2-1-3-21-9)5-11-17-8(12(19)20)6-18(10)11/h1-6H,(H,19,20)/p-1. The van der Waals surface area contributed by atoms with E-state index in [2.05, 4.69) is 4.98 Å². The molecule has 5 nitrogen and oxygen atoms in total. The molecule has 3 heterocycles. The molecule has 3 rings (SSSR count). The van der Waals surface area contributed by atoms with Crippen molar-refractivity contribution < 1.29 is 23.1 Å². The van der Waals surface area contributed by atoms with E-state index in [-0.39, 0.29) is 5.65 Å². The number of furan rings is 1. The summed E-state index contributed by atoms with van der Waals surface area (Å²) in [5, 5.41) is 7.12. The van der Waals surface area contributed by atoms with Crippen molar-refractivity contribution in [1.29, 1.82) is 0 Å². The first-order valence-corrected chi connectivity index (χ1v) is 6.09. The van der Waals surface area contributed by atoms with Gasteiger partial charge >= 0.3 is 5.38 Å². The minimum absolute atomic E-state index is 0.00146. The van der Waals surface area contributed by atoms with Crippen molar-refractivity contribution in [2.45, 2.75) is 5.38 Å². The number of carbonyl (C=O) groups is 1. The molecule has 0 radical (unpaired) electrons. The molecular weight excluding hydrogens is 306 g/mol. The Balaban J connectivity index is 2.32. The van der Waals surface area contributed by atoms with E-state index in [1.807, 2.05) is 0 Å². The molecule has 8 heteroatoms. The van der Waals surface area contributed by atoms with Crippen LogP contribution in [0.2, 0.25) is 0 Å². The molecule has 0 saturated carbocycles. The number of rotatable bonds is 3. The zero-order valence-corrected chi connectivity index (χ0v) is 11.0. The molecular formula is C13H6ClF2N2O3-. The molecule has 0 atom stereocenters. The van der Waals surface area contributed by atoms with Crippen LogP contribution < -0.4 is 5.11 Å². The first-order valence-electron chi connectivity index (χ1n) is 5.72. The number of imidazole rings is 1. The van der Waals surface area contributed by atoms with Crippen molar-refractivity contribution in [1.82, 2.24) is 9.38 Å². The van der Waals surface area contributed by atoms with Crippen LogP contribution in [0.25, 0.3) is 17.0 Å². The number of carboxylic acids is 1. The number of hydrogen-bond donors (Lipinski definition) is 0. The van der Waals surface area contributed by atoms with Gasteiger partial charge in [0.2, 0.25) is 0 Å². The second kappa shape index (κ2) is 4.56. The SMILES string of the molecule is O=C([O-])c1cn2c(C(F)(F)Cl)cc(-c3ccco3)cc2n1. The lowest BCUT2D eigenvalue weighted by Gasteiger charge is -2.12. The van der Waals surface area contributed by atoms with Gasteiger partial charge in [0, 0.05) is 11.8 Å². The van der Waals surface area contributed by atoms with Gasteiger partial charge in [-0.15, -0.1) is 0 Å². The normalized spacial score (nSPS) is 12.0. The number of carbonyl (C=O) groups excluding carboxylic acids is 1. The molecule has 0 unspecified atom stereocenters. The predicted octanol–water partition coefficient (Wildman–Crippen LogP) is 2.25. The summed E-state index contributed by atoms with van der Waals surface area (Å²) in [5.74, 6) is -1.24. The lowest BCUT2D eigenvalue weighted by Crippen LogP contribution is -2.22.